The van der Waals surface area contributed by atoms with Crippen molar-refractivity contribution in [1.29, 1.82) is 0 Å². The first-order valence-electron chi connectivity index (χ1n) is 6.24. The summed E-state index contributed by atoms with van der Waals surface area (Å²) in [6, 6.07) is 0. The molecular formula is C13H23NO3. The third-order valence-corrected chi connectivity index (χ3v) is 4.32. The number of hydrogen-bond donors (Lipinski definition) is 2. The highest BCUT2D eigenvalue weighted by atomic mass is 16.4. The predicted octanol–water partition coefficient (Wildman–Crippen LogP) is 2.04. The molecule has 0 aliphatic heterocycles. The third kappa shape index (κ3) is 2.61. The summed E-state index contributed by atoms with van der Waals surface area (Å²) in [5, 5.41) is 11.9. The fourth-order valence-electron chi connectivity index (χ4n) is 1.75. The average Bonchev–Trinajstić information content (AvgIpc) is 2.12. The van der Waals surface area contributed by atoms with E-state index in [1.165, 1.54) is 0 Å². The van der Waals surface area contributed by atoms with Crippen LogP contribution in [-0.4, -0.2) is 23.5 Å². The summed E-state index contributed by atoms with van der Waals surface area (Å²) in [6.07, 6.45) is 1.76. The van der Waals surface area contributed by atoms with Crippen LogP contribution in [-0.2, 0) is 9.59 Å². The molecule has 0 aromatic carbocycles. The van der Waals surface area contributed by atoms with Crippen molar-refractivity contribution in [3.05, 3.63) is 0 Å². The van der Waals surface area contributed by atoms with Gasteiger partial charge in [0.2, 0.25) is 5.91 Å². The van der Waals surface area contributed by atoms with Crippen LogP contribution in [0.3, 0.4) is 0 Å². The second-order valence-corrected chi connectivity index (χ2v) is 6.07. The second-order valence-electron chi connectivity index (χ2n) is 6.07. The molecule has 0 saturated heterocycles. The number of nitrogens with one attached hydrogen (secondary N) is 1. The van der Waals surface area contributed by atoms with E-state index in [1.807, 2.05) is 0 Å². The number of hydrogen-bond acceptors (Lipinski definition) is 2. The maximum Gasteiger partial charge on any atom is 0.319 e. The first-order chi connectivity index (χ1) is 7.72. The Morgan fingerprint density at radius 2 is 1.88 bits per heavy atom. The minimum Gasteiger partial charge on any atom is -0.480 e. The number of amides is 1. The fourth-order valence-corrected chi connectivity index (χ4v) is 1.75. The minimum absolute atomic E-state index is 0.0148. The summed E-state index contributed by atoms with van der Waals surface area (Å²) in [4.78, 5) is 23.1. The highest BCUT2D eigenvalue weighted by Gasteiger charge is 2.51. The highest BCUT2D eigenvalue weighted by molar-refractivity contribution is 6.02. The number of carboxylic acid groups (broad SMARTS) is 1. The predicted molar refractivity (Wildman–Crippen MR) is 65.5 cm³/mol. The lowest BCUT2D eigenvalue weighted by molar-refractivity contribution is -0.162. The molecule has 0 heterocycles. The molecule has 0 aromatic rings. The molecule has 1 aliphatic rings. The number of carboxylic acids is 1. The van der Waals surface area contributed by atoms with Gasteiger partial charge in [-0.1, -0.05) is 34.1 Å². The Balaban J connectivity index is 2.58. The number of carbonyl (C=O) groups excluding carboxylic acids is 1. The standard InChI is InChI=1S/C13H23NO3/c1-9(2)12(3,4)8-14-10(15)13(11(16)17)6-5-7-13/h9H,5-8H2,1-4H3,(H,14,15)(H,16,17). The van der Waals surface area contributed by atoms with Crippen molar-refractivity contribution in [3.63, 3.8) is 0 Å². The molecule has 0 radical (unpaired) electrons. The van der Waals surface area contributed by atoms with Crippen LogP contribution in [0.25, 0.3) is 0 Å². The van der Waals surface area contributed by atoms with Crippen molar-refractivity contribution in [2.75, 3.05) is 6.54 Å². The van der Waals surface area contributed by atoms with Gasteiger partial charge in [-0.2, -0.15) is 0 Å². The third-order valence-electron chi connectivity index (χ3n) is 4.32. The summed E-state index contributed by atoms with van der Waals surface area (Å²) in [5.41, 5.74) is -1.16. The van der Waals surface area contributed by atoms with E-state index in [1.54, 1.807) is 0 Å². The van der Waals surface area contributed by atoms with E-state index in [9.17, 15) is 9.59 Å². The van der Waals surface area contributed by atoms with E-state index in [2.05, 4.69) is 33.0 Å². The number of aliphatic carboxylic acids is 1. The van der Waals surface area contributed by atoms with E-state index in [0.29, 0.717) is 25.3 Å². The molecular weight excluding hydrogens is 218 g/mol. The van der Waals surface area contributed by atoms with Gasteiger partial charge in [-0.3, -0.25) is 9.59 Å². The summed E-state index contributed by atoms with van der Waals surface area (Å²) in [6.45, 7) is 8.88. The van der Waals surface area contributed by atoms with Gasteiger partial charge in [0.05, 0.1) is 0 Å². The molecule has 1 aliphatic carbocycles. The topological polar surface area (TPSA) is 66.4 Å². The van der Waals surface area contributed by atoms with Gasteiger partial charge in [-0.25, -0.2) is 0 Å². The average molecular weight is 241 g/mol. The Hall–Kier alpha value is -1.06. The molecule has 4 nitrogen and oxygen atoms in total. The van der Waals surface area contributed by atoms with Crippen molar-refractivity contribution in [2.45, 2.75) is 47.0 Å². The Morgan fingerprint density at radius 3 is 2.18 bits per heavy atom. The molecule has 0 atom stereocenters. The van der Waals surface area contributed by atoms with Crippen molar-refractivity contribution in [3.8, 4) is 0 Å². The molecule has 1 rings (SSSR count). The molecule has 0 bridgehead atoms. The summed E-state index contributed by atoms with van der Waals surface area (Å²) < 4.78 is 0. The lowest BCUT2D eigenvalue weighted by Gasteiger charge is -2.37. The molecule has 1 amide bonds. The van der Waals surface area contributed by atoms with Gasteiger partial charge in [0.25, 0.3) is 0 Å². The van der Waals surface area contributed by atoms with Crippen LogP contribution in [0.5, 0.6) is 0 Å². The van der Waals surface area contributed by atoms with Gasteiger partial charge in [-0.05, 0) is 24.2 Å². The Bertz CT molecular complexity index is 317. The maximum atomic E-state index is 12.0. The molecule has 0 unspecified atom stereocenters. The SMILES string of the molecule is CC(C)C(C)(C)CNC(=O)C1(C(=O)O)CCC1. The zero-order valence-electron chi connectivity index (χ0n) is 11.2. The molecule has 2 N–H and O–H groups in total. The Morgan fingerprint density at radius 1 is 1.35 bits per heavy atom. The van der Waals surface area contributed by atoms with Gasteiger partial charge in [0, 0.05) is 6.54 Å². The van der Waals surface area contributed by atoms with Crippen LogP contribution >= 0.6 is 0 Å². The normalized spacial score (nSPS) is 18.6. The smallest absolute Gasteiger partial charge is 0.319 e. The first kappa shape index (κ1) is 14.0. The first-order valence-corrected chi connectivity index (χ1v) is 6.24. The van der Waals surface area contributed by atoms with Crippen LogP contribution in [0.4, 0.5) is 0 Å². The zero-order chi connectivity index (χ0) is 13.3. The fraction of sp³-hybridized carbons (Fsp3) is 0.846. The lowest BCUT2D eigenvalue weighted by Crippen LogP contribution is -2.52. The van der Waals surface area contributed by atoms with Crippen molar-refractivity contribution >= 4 is 11.9 Å². The highest BCUT2D eigenvalue weighted by Crippen LogP contribution is 2.41. The van der Waals surface area contributed by atoms with E-state index in [-0.39, 0.29) is 11.3 Å². The quantitative estimate of drug-likeness (QED) is 0.724. The number of carbonyl (C=O) groups is 2. The van der Waals surface area contributed by atoms with Gasteiger partial charge in [-0.15, -0.1) is 0 Å². The van der Waals surface area contributed by atoms with Gasteiger partial charge in [0.1, 0.15) is 5.41 Å². The zero-order valence-corrected chi connectivity index (χ0v) is 11.2. The Labute approximate surface area is 103 Å². The Kier molecular flexibility index (Phi) is 3.84. The molecule has 1 saturated carbocycles. The number of rotatable bonds is 5. The van der Waals surface area contributed by atoms with Gasteiger partial charge >= 0.3 is 5.97 Å². The molecule has 17 heavy (non-hydrogen) atoms. The van der Waals surface area contributed by atoms with E-state index in [0.717, 1.165) is 6.42 Å². The van der Waals surface area contributed by atoms with Crippen LogP contribution in [0.1, 0.15) is 47.0 Å². The molecule has 0 aromatic heterocycles. The van der Waals surface area contributed by atoms with Crippen LogP contribution in [0.2, 0.25) is 0 Å². The molecule has 1 fully saturated rings. The minimum atomic E-state index is -1.15. The molecule has 4 heteroatoms. The summed E-state index contributed by atoms with van der Waals surface area (Å²) >= 11 is 0. The van der Waals surface area contributed by atoms with Crippen LogP contribution in [0.15, 0.2) is 0 Å². The van der Waals surface area contributed by atoms with Crippen LogP contribution in [0, 0.1) is 16.7 Å². The largest absolute Gasteiger partial charge is 0.480 e. The van der Waals surface area contributed by atoms with Gasteiger partial charge < -0.3 is 10.4 Å². The van der Waals surface area contributed by atoms with Crippen LogP contribution < -0.4 is 5.32 Å². The monoisotopic (exact) mass is 241 g/mol. The van der Waals surface area contributed by atoms with Crippen molar-refractivity contribution in [2.24, 2.45) is 16.7 Å². The summed E-state index contributed by atoms with van der Waals surface area (Å²) in [7, 11) is 0. The summed E-state index contributed by atoms with van der Waals surface area (Å²) in [5.74, 6) is -0.862. The lowest BCUT2D eigenvalue weighted by atomic mass is 9.68. The van der Waals surface area contributed by atoms with Crippen molar-refractivity contribution in [1.82, 2.24) is 5.32 Å². The molecule has 0 spiro atoms. The second kappa shape index (κ2) is 4.67. The van der Waals surface area contributed by atoms with E-state index in [4.69, 9.17) is 5.11 Å². The van der Waals surface area contributed by atoms with Crippen molar-refractivity contribution < 1.29 is 14.7 Å². The van der Waals surface area contributed by atoms with E-state index >= 15 is 0 Å². The maximum absolute atomic E-state index is 12.0. The van der Waals surface area contributed by atoms with E-state index < -0.39 is 11.4 Å². The van der Waals surface area contributed by atoms with Gasteiger partial charge in [0.15, 0.2) is 0 Å². The molecule has 98 valence electrons.